The third kappa shape index (κ3) is 4.16. The van der Waals surface area contributed by atoms with Crippen molar-refractivity contribution in [1.29, 1.82) is 0 Å². The van der Waals surface area contributed by atoms with E-state index in [4.69, 9.17) is 4.74 Å². The highest BCUT2D eigenvalue weighted by Gasteiger charge is 2.49. The number of fused-ring (bicyclic) bond motifs is 3. The first-order chi connectivity index (χ1) is 14.3. The lowest BCUT2D eigenvalue weighted by Gasteiger charge is -2.25. The fraction of sp³-hybridized carbons (Fsp3) is 0.250. The summed E-state index contributed by atoms with van der Waals surface area (Å²) >= 11 is 0. The van der Waals surface area contributed by atoms with Crippen LogP contribution in [0.25, 0.3) is 21.5 Å². The van der Waals surface area contributed by atoms with Crippen molar-refractivity contribution in [2.24, 2.45) is 0 Å². The number of phenols is 1. The van der Waals surface area contributed by atoms with Crippen LogP contribution >= 0.6 is 0 Å². The molecule has 3 N–H and O–H groups in total. The number of esters is 1. The molecule has 11 heteroatoms. The molecule has 1 atom stereocenters. The van der Waals surface area contributed by atoms with Crippen LogP contribution in [0, 0.1) is 0 Å². The normalized spacial score (nSPS) is 14.5. The molecule has 0 bridgehead atoms. The number of halogens is 3. The second kappa shape index (κ2) is 7.66. The van der Waals surface area contributed by atoms with Crippen LogP contribution in [-0.4, -0.2) is 47.5 Å². The van der Waals surface area contributed by atoms with Crippen LogP contribution in [0.2, 0.25) is 0 Å². The minimum Gasteiger partial charge on any atom is -0.506 e. The number of hydrogen-bond acceptors (Lipinski definition) is 6. The molecule has 0 saturated carbocycles. The Hall–Kier alpha value is -2.89. The molecule has 0 aromatic heterocycles. The van der Waals surface area contributed by atoms with Gasteiger partial charge in [-0.2, -0.15) is 21.6 Å². The molecule has 0 aliphatic rings. The van der Waals surface area contributed by atoms with Crippen LogP contribution in [0.3, 0.4) is 0 Å². The topological polar surface area (TPSA) is 121 Å². The molecule has 0 aliphatic carbocycles. The molecule has 166 valence electrons. The largest absolute Gasteiger partial charge is 0.506 e. The molecule has 0 fully saturated rings. The molecule has 3 aromatic rings. The Kier molecular flexibility index (Phi) is 5.63. The van der Waals surface area contributed by atoms with Gasteiger partial charge in [0.1, 0.15) is 16.2 Å². The summed E-state index contributed by atoms with van der Waals surface area (Å²) in [6.07, 6.45) is -5.86. The number of carbonyl (C=O) groups is 1. The summed E-state index contributed by atoms with van der Waals surface area (Å²) in [7, 11) is -4.68. The average Bonchev–Trinajstić information content (AvgIpc) is 2.66. The molecule has 3 rings (SSSR count). The molecule has 0 amide bonds. The highest BCUT2D eigenvalue weighted by atomic mass is 32.2. The zero-order valence-electron chi connectivity index (χ0n) is 16.0. The predicted octanol–water partition coefficient (Wildman–Crippen LogP) is 3.81. The number of benzene rings is 3. The van der Waals surface area contributed by atoms with Crippen LogP contribution in [-0.2, 0) is 14.9 Å². The molecule has 0 radical (unpaired) electrons. The van der Waals surface area contributed by atoms with Crippen LogP contribution in [0.5, 0.6) is 5.75 Å². The van der Waals surface area contributed by atoms with E-state index in [0.29, 0.717) is 6.92 Å². The van der Waals surface area contributed by atoms with Crippen molar-refractivity contribution in [3.8, 4) is 5.75 Å². The van der Waals surface area contributed by atoms with Crippen molar-refractivity contribution < 1.29 is 45.9 Å². The standard InChI is InChI=1S/C20H17F3O7S/c1-19(26,20(21,22)23)9-10-30-18(25)16-12-6-3-2-5-11(12)15-13(17(16)24)7-4-8-14(15)31(27,28)29/h2-8,24,26H,9-10H2,1H3,(H,27,28,29). The van der Waals surface area contributed by atoms with Crippen LogP contribution in [0.1, 0.15) is 23.7 Å². The lowest BCUT2D eigenvalue weighted by molar-refractivity contribution is -0.256. The summed E-state index contributed by atoms with van der Waals surface area (Å²) in [6.45, 7) is -0.247. The van der Waals surface area contributed by atoms with E-state index in [2.05, 4.69) is 0 Å². The third-order valence-electron chi connectivity index (χ3n) is 4.90. The van der Waals surface area contributed by atoms with Gasteiger partial charge >= 0.3 is 12.1 Å². The number of phenolic OH excluding ortho intramolecular Hbond substituents is 1. The quantitative estimate of drug-likeness (QED) is 0.302. The lowest BCUT2D eigenvalue weighted by atomic mass is 9.96. The average molecular weight is 458 g/mol. The Morgan fingerprint density at radius 3 is 2.19 bits per heavy atom. The van der Waals surface area contributed by atoms with Gasteiger partial charge in [0.15, 0.2) is 5.60 Å². The van der Waals surface area contributed by atoms with Gasteiger partial charge in [-0.3, -0.25) is 4.55 Å². The van der Waals surface area contributed by atoms with Gasteiger partial charge in [-0.25, -0.2) is 4.79 Å². The predicted molar refractivity (Wildman–Crippen MR) is 105 cm³/mol. The summed E-state index contributed by atoms with van der Waals surface area (Å²) in [4.78, 5) is 12.1. The maximum absolute atomic E-state index is 12.8. The molecule has 0 spiro atoms. The van der Waals surface area contributed by atoms with E-state index in [9.17, 15) is 41.1 Å². The van der Waals surface area contributed by atoms with Crippen molar-refractivity contribution in [3.63, 3.8) is 0 Å². The van der Waals surface area contributed by atoms with E-state index in [-0.39, 0.29) is 27.1 Å². The van der Waals surface area contributed by atoms with Crippen molar-refractivity contribution in [2.75, 3.05) is 6.61 Å². The van der Waals surface area contributed by atoms with Gasteiger partial charge in [0, 0.05) is 22.6 Å². The number of carbonyl (C=O) groups excluding carboxylic acids is 1. The second-order valence-electron chi connectivity index (χ2n) is 7.08. The van der Waals surface area contributed by atoms with Gasteiger partial charge in [0.2, 0.25) is 0 Å². The molecule has 0 heterocycles. The smallest absolute Gasteiger partial charge is 0.417 e. The number of aromatic hydroxyl groups is 1. The van der Waals surface area contributed by atoms with Gasteiger partial charge in [0.25, 0.3) is 10.1 Å². The Morgan fingerprint density at radius 2 is 1.61 bits per heavy atom. The monoisotopic (exact) mass is 458 g/mol. The highest BCUT2D eigenvalue weighted by Crippen LogP contribution is 2.40. The fourth-order valence-electron chi connectivity index (χ4n) is 3.17. The van der Waals surface area contributed by atoms with E-state index in [1.165, 1.54) is 36.4 Å². The van der Waals surface area contributed by atoms with Gasteiger partial charge in [-0.1, -0.05) is 36.4 Å². The molecular formula is C20H17F3O7S. The fourth-order valence-corrected chi connectivity index (χ4v) is 3.89. The molecular weight excluding hydrogens is 441 g/mol. The maximum atomic E-state index is 12.8. The Balaban J connectivity index is 2.12. The van der Waals surface area contributed by atoms with E-state index in [1.807, 2.05) is 0 Å². The van der Waals surface area contributed by atoms with Crippen molar-refractivity contribution in [1.82, 2.24) is 0 Å². The van der Waals surface area contributed by atoms with Crippen LogP contribution in [0.15, 0.2) is 47.4 Å². The maximum Gasteiger partial charge on any atom is 0.417 e. The van der Waals surface area contributed by atoms with Crippen molar-refractivity contribution >= 4 is 37.6 Å². The number of rotatable bonds is 5. The Labute approximate surface area is 174 Å². The van der Waals surface area contributed by atoms with E-state index >= 15 is 0 Å². The summed E-state index contributed by atoms with van der Waals surface area (Å²) in [5.41, 5.74) is -3.47. The Morgan fingerprint density at radius 1 is 1.03 bits per heavy atom. The van der Waals surface area contributed by atoms with Gasteiger partial charge in [0.05, 0.1) is 6.61 Å². The number of ether oxygens (including phenoxy) is 1. The minimum atomic E-state index is -4.93. The first-order valence-corrected chi connectivity index (χ1v) is 10.3. The number of aliphatic hydroxyl groups is 1. The number of hydrogen-bond donors (Lipinski definition) is 3. The summed E-state index contributed by atoms with van der Waals surface area (Å²) < 4.78 is 76.3. The van der Waals surface area contributed by atoms with E-state index < -0.39 is 51.5 Å². The first kappa shape index (κ1) is 22.8. The van der Waals surface area contributed by atoms with E-state index in [1.54, 1.807) is 0 Å². The third-order valence-corrected chi connectivity index (χ3v) is 5.79. The zero-order chi connectivity index (χ0) is 23.2. The lowest BCUT2D eigenvalue weighted by Crippen LogP contribution is -2.43. The van der Waals surface area contributed by atoms with Crippen LogP contribution in [0.4, 0.5) is 13.2 Å². The summed E-state index contributed by atoms with van der Waals surface area (Å²) in [5, 5.41) is 20.3. The Bertz CT molecular complexity index is 1280. The van der Waals surface area contributed by atoms with Crippen molar-refractivity contribution in [3.05, 3.63) is 48.0 Å². The molecule has 1 unspecified atom stereocenters. The second-order valence-corrected chi connectivity index (χ2v) is 8.47. The highest BCUT2D eigenvalue weighted by molar-refractivity contribution is 7.86. The molecule has 3 aromatic carbocycles. The van der Waals surface area contributed by atoms with Gasteiger partial charge < -0.3 is 14.9 Å². The zero-order valence-corrected chi connectivity index (χ0v) is 16.8. The minimum absolute atomic E-state index is 0.0327. The van der Waals surface area contributed by atoms with Crippen LogP contribution < -0.4 is 0 Å². The van der Waals surface area contributed by atoms with Gasteiger partial charge in [-0.15, -0.1) is 0 Å². The summed E-state index contributed by atoms with van der Waals surface area (Å²) in [5.74, 6) is -1.82. The molecule has 0 aliphatic heterocycles. The SMILES string of the molecule is CC(O)(CCOC(=O)c1c(O)c2cccc(S(=O)(=O)O)c2c2ccccc12)C(F)(F)F. The molecule has 31 heavy (non-hydrogen) atoms. The molecule has 0 saturated heterocycles. The molecule has 7 nitrogen and oxygen atoms in total. The van der Waals surface area contributed by atoms with E-state index in [0.717, 1.165) is 6.07 Å². The van der Waals surface area contributed by atoms with Crippen molar-refractivity contribution in [2.45, 2.75) is 30.0 Å². The first-order valence-electron chi connectivity index (χ1n) is 8.86. The summed E-state index contributed by atoms with van der Waals surface area (Å²) in [6, 6.07) is 9.56. The van der Waals surface area contributed by atoms with Gasteiger partial charge in [-0.05, 0) is 18.4 Å². The number of alkyl halides is 3.